The quantitative estimate of drug-likeness (QED) is 0.249. The summed E-state index contributed by atoms with van der Waals surface area (Å²) in [6.07, 6.45) is 4.90. The Morgan fingerprint density at radius 3 is 2.75 bits per heavy atom. The Hall–Kier alpha value is -1.88. The summed E-state index contributed by atoms with van der Waals surface area (Å²) < 4.78 is 17.1. The fourth-order valence-corrected chi connectivity index (χ4v) is 3.58. The van der Waals surface area contributed by atoms with Crippen LogP contribution in [0.3, 0.4) is 0 Å². The van der Waals surface area contributed by atoms with Gasteiger partial charge in [-0.25, -0.2) is 4.99 Å². The van der Waals surface area contributed by atoms with Gasteiger partial charge in [0.2, 0.25) is 5.89 Å². The maximum absolute atomic E-state index is 6.30. The van der Waals surface area contributed by atoms with Crippen molar-refractivity contribution in [3.63, 3.8) is 0 Å². The number of aromatic nitrogens is 2. The van der Waals surface area contributed by atoms with E-state index in [1.807, 2.05) is 20.8 Å². The van der Waals surface area contributed by atoms with Gasteiger partial charge in [0.15, 0.2) is 11.8 Å². The molecule has 9 heteroatoms. The molecule has 0 saturated heterocycles. The molecule has 178 valence electrons. The van der Waals surface area contributed by atoms with E-state index in [2.05, 4.69) is 45.9 Å². The van der Waals surface area contributed by atoms with E-state index < -0.39 is 0 Å². The van der Waals surface area contributed by atoms with Crippen molar-refractivity contribution in [3.8, 4) is 5.75 Å². The monoisotopic (exact) mass is 557 g/mol. The van der Waals surface area contributed by atoms with Gasteiger partial charge in [-0.15, -0.1) is 24.0 Å². The van der Waals surface area contributed by atoms with Gasteiger partial charge < -0.3 is 24.6 Å². The maximum Gasteiger partial charge on any atom is 0.246 e. The smallest absolute Gasteiger partial charge is 0.246 e. The second kappa shape index (κ2) is 13.6. The number of hydrogen-bond donors (Lipinski definition) is 2. The van der Waals surface area contributed by atoms with E-state index in [0.29, 0.717) is 43.5 Å². The van der Waals surface area contributed by atoms with Crippen molar-refractivity contribution in [2.45, 2.75) is 78.7 Å². The van der Waals surface area contributed by atoms with Crippen molar-refractivity contribution in [2.75, 3.05) is 13.2 Å². The molecule has 1 aromatic carbocycles. The van der Waals surface area contributed by atoms with Crippen molar-refractivity contribution >= 4 is 29.9 Å². The zero-order valence-electron chi connectivity index (χ0n) is 19.5. The fraction of sp³-hybridized carbons (Fsp3) is 0.609. The molecule has 1 aliphatic carbocycles. The number of aryl methyl sites for hydroxylation is 1. The Labute approximate surface area is 208 Å². The van der Waals surface area contributed by atoms with Gasteiger partial charge in [0, 0.05) is 18.7 Å². The van der Waals surface area contributed by atoms with Crippen molar-refractivity contribution in [1.82, 2.24) is 20.8 Å². The van der Waals surface area contributed by atoms with E-state index in [9.17, 15) is 0 Å². The number of benzene rings is 1. The molecule has 1 aliphatic rings. The molecule has 1 aromatic heterocycles. The molecule has 1 saturated carbocycles. The van der Waals surface area contributed by atoms with E-state index in [0.717, 1.165) is 30.7 Å². The highest BCUT2D eigenvalue weighted by Crippen LogP contribution is 2.28. The summed E-state index contributed by atoms with van der Waals surface area (Å²) in [6, 6.07) is 6.32. The molecule has 1 atom stereocenters. The number of nitrogens with zero attached hydrogens (tertiary/aromatic N) is 3. The minimum Gasteiger partial charge on any atom is -0.490 e. The topological polar surface area (TPSA) is 93.8 Å². The third kappa shape index (κ3) is 7.91. The lowest BCUT2D eigenvalue weighted by atomic mass is 10.1. The molecule has 0 aliphatic heterocycles. The lowest BCUT2D eigenvalue weighted by Crippen LogP contribution is -2.36. The fourth-order valence-electron chi connectivity index (χ4n) is 3.58. The van der Waals surface area contributed by atoms with Crippen LogP contribution in [0.4, 0.5) is 0 Å². The molecule has 3 rings (SSSR count). The highest BCUT2D eigenvalue weighted by molar-refractivity contribution is 14.0. The van der Waals surface area contributed by atoms with Crippen LogP contribution in [0.25, 0.3) is 0 Å². The molecule has 1 heterocycles. The molecule has 2 N–H and O–H groups in total. The molecular formula is C23H36IN5O3. The number of nitrogens with one attached hydrogen (secondary N) is 2. The van der Waals surface area contributed by atoms with Crippen LogP contribution in [0, 0.1) is 6.92 Å². The summed E-state index contributed by atoms with van der Waals surface area (Å²) in [5, 5.41) is 10.5. The molecule has 32 heavy (non-hydrogen) atoms. The van der Waals surface area contributed by atoms with Crippen molar-refractivity contribution < 1.29 is 14.0 Å². The Morgan fingerprint density at radius 2 is 2.03 bits per heavy atom. The summed E-state index contributed by atoms with van der Waals surface area (Å²) in [7, 11) is 0. The predicted molar refractivity (Wildman–Crippen MR) is 135 cm³/mol. The van der Waals surface area contributed by atoms with Gasteiger partial charge in [0.05, 0.1) is 19.2 Å². The second-order valence-corrected chi connectivity index (χ2v) is 7.83. The van der Waals surface area contributed by atoms with Crippen LogP contribution in [0.15, 0.2) is 27.7 Å². The zero-order chi connectivity index (χ0) is 22.1. The first-order valence-corrected chi connectivity index (χ1v) is 11.3. The maximum atomic E-state index is 6.30. The zero-order valence-corrected chi connectivity index (χ0v) is 21.8. The number of hydrogen-bond acceptors (Lipinski definition) is 6. The van der Waals surface area contributed by atoms with E-state index >= 15 is 0 Å². The third-order valence-corrected chi connectivity index (χ3v) is 5.24. The first-order valence-electron chi connectivity index (χ1n) is 11.3. The molecule has 8 nitrogen and oxygen atoms in total. The second-order valence-electron chi connectivity index (χ2n) is 7.83. The van der Waals surface area contributed by atoms with Crippen molar-refractivity contribution in [2.24, 2.45) is 4.99 Å². The van der Waals surface area contributed by atoms with E-state index in [-0.39, 0.29) is 30.1 Å². The third-order valence-electron chi connectivity index (χ3n) is 5.24. The molecule has 2 aromatic rings. The van der Waals surface area contributed by atoms with Gasteiger partial charge >= 0.3 is 0 Å². The van der Waals surface area contributed by atoms with Crippen molar-refractivity contribution in [3.05, 3.63) is 41.0 Å². The number of guanidine groups is 1. The lowest BCUT2D eigenvalue weighted by molar-refractivity contribution is 0.0683. The number of aliphatic imine (C=N–C) groups is 1. The van der Waals surface area contributed by atoms with Crippen molar-refractivity contribution in [1.29, 1.82) is 0 Å². The van der Waals surface area contributed by atoms with Crippen LogP contribution in [-0.2, 0) is 17.8 Å². The summed E-state index contributed by atoms with van der Waals surface area (Å²) in [5.41, 5.74) is 2.28. The highest BCUT2D eigenvalue weighted by Gasteiger charge is 2.18. The summed E-state index contributed by atoms with van der Waals surface area (Å²) in [6.45, 7) is 10.2. The average Bonchev–Trinajstić information content (AvgIpc) is 3.43. The standard InChI is InChI=1S/C23H35N5O3.HI/c1-5-24-23(26-15-21-27-22(28-31-21)17(4)29-6-2)25-14-18-12-11-16(3)13-20(18)30-19-9-7-8-10-19;/h11-13,17,19H,5-10,14-15H2,1-4H3,(H2,24,25,26);1H. The first-order chi connectivity index (χ1) is 15.1. The van der Waals surface area contributed by atoms with E-state index in [1.54, 1.807) is 0 Å². The summed E-state index contributed by atoms with van der Waals surface area (Å²) in [4.78, 5) is 9.13. The molecule has 1 fully saturated rings. The number of halogens is 1. The van der Waals surface area contributed by atoms with Crippen LogP contribution >= 0.6 is 24.0 Å². The van der Waals surface area contributed by atoms with Gasteiger partial charge in [-0.2, -0.15) is 4.98 Å². The number of rotatable bonds is 10. The number of ether oxygens (including phenoxy) is 2. The molecule has 0 bridgehead atoms. The summed E-state index contributed by atoms with van der Waals surface area (Å²) >= 11 is 0. The summed E-state index contributed by atoms with van der Waals surface area (Å²) in [5.74, 6) is 2.67. The van der Waals surface area contributed by atoms with Crippen LogP contribution in [0.1, 0.15) is 75.4 Å². The van der Waals surface area contributed by atoms with Crippen LogP contribution in [0.2, 0.25) is 0 Å². The van der Waals surface area contributed by atoms with Gasteiger partial charge in [-0.1, -0.05) is 17.3 Å². The predicted octanol–water partition coefficient (Wildman–Crippen LogP) is 4.67. The Bertz CT molecular complexity index is 852. The van der Waals surface area contributed by atoms with Crippen LogP contribution in [0.5, 0.6) is 5.75 Å². The lowest BCUT2D eigenvalue weighted by Gasteiger charge is -2.17. The molecule has 0 spiro atoms. The largest absolute Gasteiger partial charge is 0.490 e. The first kappa shape index (κ1) is 26.4. The van der Waals surface area contributed by atoms with Crippen LogP contribution < -0.4 is 15.4 Å². The minimum absolute atomic E-state index is 0. The Balaban J connectivity index is 0.00000363. The van der Waals surface area contributed by atoms with Gasteiger partial charge in [0.25, 0.3) is 0 Å². The van der Waals surface area contributed by atoms with Gasteiger partial charge in [0.1, 0.15) is 11.9 Å². The normalized spacial score (nSPS) is 15.3. The molecule has 0 radical (unpaired) electrons. The van der Waals surface area contributed by atoms with E-state index in [4.69, 9.17) is 19.0 Å². The van der Waals surface area contributed by atoms with Gasteiger partial charge in [-0.3, -0.25) is 0 Å². The minimum atomic E-state index is -0.191. The average molecular weight is 557 g/mol. The molecule has 1 unspecified atom stereocenters. The van der Waals surface area contributed by atoms with Crippen LogP contribution in [-0.4, -0.2) is 35.4 Å². The molecule has 0 amide bonds. The molecular weight excluding hydrogens is 521 g/mol. The SMILES string of the molecule is CCNC(=NCc1ccc(C)cc1OC1CCCC1)NCc1nc(C(C)OCC)no1.I. The van der Waals surface area contributed by atoms with Gasteiger partial charge in [-0.05, 0) is 65.0 Å². The highest BCUT2D eigenvalue weighted by atomic mass is 127. The Morgan fingerprint density at radius 1 is 1.25 bits per heavy atom. The Kier molecular flexibility index (Phi) is 11.2. The van der Waals surface area contributed by atoms with E-state index in [1.165, 1.54) is 18.4 Å².